The lowest BCUT2D eigenvalue weighted by atomic mass is 9.88. The van der Waals surface area contributed by atoms with E-state index in [2.05, 4.69) is 31.1 Å². The Balaban J connectivity index is 1.85. The maximum Gasteiger partial charge on any atom is 0.401 e. The summed E-state index contributed by atoms with van der Waals surface area (Å²) in [6.45, 7) is -0.641. The fourth-order valence-electron chi connectivity index (χ4n) is 3.51. The summed E-state index contributed by atoms with van der Waals surface area (Å²) >= 11 is 3.32. The number of hydrogen-bond acceptors (Lipinski definition) is 3. The molecule has 1 aliphatic heterocycles. The van der Waals surface area contributed by atoms with Crippen molar-refractivity contribution in [2.45, 2.75) is 18.6 Å². The zero-order valence-corrected chi connectivity index (χ0v) is 14.6. The van der Waals surface area contributed by atoms with Crippen LogP contribution in [0.5, 0.6) is 0 Å². The summed E-state index contributed by atoms with van der Waals surface area (Å²) in [5.74, 6) is 0. The summed E-state index contributed by atoms with van der Waals surface area (Å²) in [6, 6.07) is 6.79. The molecule has 25 heavy (non-hydrogen) atoms. The summed E-state index contributed by atoms with van der Waals surface area (Å²) < 4.78 is 40.1. The van der Waals surface area contributed by atoms with E-state index in [4.69, 9.17) is 0 Å². The van der Waals surface area contributed by atoms with Crippen LogP contribution in [0, 0.1) is 0 Å². The normalized spacial score (nSPS) is 18.5. The highest BCUT2D eigenvalue weighted by atomic mass is 79.9. The van der Waals surface area contributed by atoms with Gasteiger partial charge in [0.2, 0.25) is 0 Å². The van der Waals surface area contributed by atoms with Crippen molar-refractivity contribution >= 4 is 26.8 Å². The molecule has 0 aliphatic carbocycles. The lowest BCUT2D eigenvalue weighted by molar-refractivity contribution is -0.150. The smallest absolute Gasteiger partial charge is 0.282 e. The van der Waals surface area contributed by atoms with Crippen LogP contribution in [0.25, 0.3) is 10.9 Å². The Bertz CT molecular complexity index is 904. The fourth-order valence-corrected chi connectivity index (χ4v) is 3.74. The maximum atomic E-state index is 13.1. The number of fused-ring (bicyclic) bond motifs is 3. The molecule has 0 spiro atoms. The molecule has 3 aromatic rings. The van der Waals surface area contributed by atoms with Gasteiger partial charge in [0.1, 0.15) is 0 Å². The molecule has 0 unspecified atom stereocenters. The van der Waals surface area contributed by atoms with Crippen LogP contribution in [0.3, 0.4) is 0 Å². The van der Waals surface area contributed by atoms with Gasteiger partial charge in [0.05, 0.1) is 30.0 Å². The number of aromatic nitrogens is 3. The Morgan fingerprint density at radius 3 is 2.76 bits per heavy atom. The van der Waals surface area contributed by atoms with Crippen molar-refractivity contribution in [1.82, 2.24) is 20.1 Å². The van der Waals surface area contributed by atoms with E-state index in [9.17, 15) is 13.2 Å². The number of aromatic amines is 1. The first-order chi connectivity index (χ1) is 11.9. The van der Waals surface area contributed by atoms with Crippen molar-refractivity contribution < 1.29 is 13.2 Å². The second-order valence-corrected chi connectivity index (χ2v) is 7.02. The number of H-pyrrole nitrogens is 1. The summed E-state index contributed by atoms with van der Waals surface area (Å²) in [5, 5.41) is 7.94. The molecule has 0 bridgehead atoms. The predicted octanol–water partition coefficient (Wildman–Crippen LogP) is 4.23. The van der Waals surface area contributed by atoms with Gasteiger partial charge in [-0.15, -0.1) is 0 Å². The summed E-state index contributed by atoms with van der Waals surface area (Å²) in [7, 11) is 0. The standard InChI is InChI=1S/C17H14BrF3N4/c18-10-1-3-15(22-7-10)16-12-2-4-14-13(8-23-24-14)11(12)5-6-25(16)9-17(19,20)21/h1-4,7-8,16H,5-6,9H2,(H,23,24)/t16-/m0/s1. The van der Waals surface area contributed by atoms with E-state index in [-0.39, 0.29) is 0 Å². The highest BCUT2D eigenvalue weighted by Gasteiger charge is 2.38. The molecule has 2 aromatic heterocycles. The highest BCUT2D eigenvalue weighted by Crippen LogP contribution is 2.38. The summed E-state index contributed by atoms with van der Waals surface area (Å²) in [6.07, 6.45) is -0.356. The Hall–Kier alpha value is -1.93. The highest BCUT2D eigenvalue weighted by molar-refractivity contribution is 9.10. The molecular formula is C17H14BrF3N4. The van der Waals surface area contributed by atoms with Crippen molar-refractivity contribution in [3.63, 3.8) is 0 Å². The van der Waals surface area contributed by atoms with Gasteiger partial charge in [-0.2, -0.15) is 18.3 Å². The molecule has 3 heterocycles. The van der Waals surface area contributed by atoms with Crippen LogP contribution in [-0.2, 0) is 6.42 Å². The van der Waals surface area contributed by atoms with Gasteiger partial charge in [-0.05, 0) is 51.7 Å². The number of alkyl halides is 3. The third-order valence-corrected chi connectivity index (χ3v) is 4.96. The van der Waals surface area contributed by atoms with Crippen molar-refractivity contribution in [2.75, 3.05) is 13.1 Å². The van der Waals surface area contributed by atoms with Crippen molar-refractivity contribution in [2.24, 2.45) is 0 Å². The Morgan fingerprint density at radius 1 is 1.20 bits per heavy atom. The largest absolute Gasteiger partial charge is 0.401 e. The average molecular weight is 411 g/mol. The van der Waals surface area contributed by atoms with Crippen LogP contribution >= 0.6 is 15.9 Å². The van der Waals surface area contributed by atoms with E-state index < -0.39 is 18.8 Å². The molecule has 0 amide bonds. The fraction of sp³-hybridized carbons (Fsp3) is 0.294. The maximum absolute atomic E-state index is 13.1. The second kappa shape index (κ2) is 6.10. The van der Waals surface area contributed by atoms with E-state index in [0.29, 0.717) is 18.7 Å². The molecule has 0 saturated heterocycles. The van der Waals surface area contributed by atoms with Crippen LogP contribution in [0.2, 0.25) is 0 Å². The minimum Gasteiger partial charge on any atom is -0.282 e. The third-order valence-electron chi connectivity index (χ3n) is 4.49. The summed E-state index contributed by atoms with van der Waals surface area (Å²) in [5.41, 5.74) is 3.40. The number of benzene rings is 1. The lowest BCUT2D eigenvalue weighted by Crippen LogP contribution is -2.42. The molecule has 0 radical (unpaired) electrons. The van der Waals surface area contributed by atoms with Gasteiger partial charge in [0.15, 0.2) is 0 Å². The van der Waals surface area contributed by atoms with Crippen LogP contribution < -0.4 is 0 Å². The quantitative estimate of drug-likeness (QED) is 0.687. The minimum absolute atomic E-state index is 0.319. The Labute approximate surface area is 150 Å². The van der Waals surface area contributed by atoms with Crippen LogP contribution in [0.4, 0.5) is 13.2 Å². The van der Waals surface area contributed by atoms with Gasteiger partial charge in [-0.3, -0.25) is 15.0 Å². The summed E-state index contributed by atoms with van der Waals surface area (Å²) in [4.78, 5) is 5.82. The van der Waals surface area contributed by atoms with E-state index >= 15 is 0 Å². The van der Waals surface area contributed by atoms with Crippen LogP contribution in [-0.4, -0.2) is 39.3 Å². The van der Waals surface area contributed by atoms with Gasteiger partial charge in [0, 0.05) is 22.6 Å². The van der Waals surface area contributed by atoms with E-state index in [1.165, 1.54) is 4.90 Å². The number of hydrogen-bond donors (Lipinski definition) is 1. The van der Waals surface area contributed by atoms with Gasteiger partial charge >= 0.3 is 6.18 Å². The molecular weight excluding hydrogens is 397 g/mol. The molecule has 130 valence electrons. The first-order valence-electron chi connectivity index (χ1n) is 7.79. The van der Waals surface area contributed by atoms with E-state index in [1.54, 1.807) is 24.5 Å². The number of pyridine rings is 1. The molecule has 0 saturated carbocycles. The SMILES string of the molecule is FC(F)(F)CN1CCc2c(ccc3[nH]ncc23)[C@H]1c1ccc(Br)cn1. The number of halogens is 4. The molecule has 1 atom stereocenters. The van der Waals surface area contributed by atoms with Gasteiger partial charge < -0.3 is 0 Å². The number of rotatable bonds is 2. The minimum atomic E-state index is -4.26. The zero-order chi connectivity index (χ0) is 17.6. The lowest BCUT2D eigenvalue weighted by Gasteiger charge is -2.37. The third kappa shape index (κ3) is 3.16. The molecule has 0 fully saturated rings. The molecule has 1 aromatic carbocycles. The molecule has 1 aliphatic rings. The number of nitrogens with one attached hydrogen (secondary N) is 1. The van der Waals surface area contributed by atoms with Crippen LogP contribution in [0.15, 0.2) is 41.1 Å². The second-order valence-electron chi connectivity index (χ2n) is 6.10. The number of nitrogens with zero attached hydrogens (tertiary/aromatic N) is 3. The van der Waals surface area contributed by atoms with Crippen molar-refractivity contribution in [3.8, 4) is 0 Å². The van der Waals surface area contributed by atoms with E-state index in [1.807, 2.05) is 12.1 Å². The van der Waals surface area contributed by atoms with E-state index in [0.717, 1.165) is 26.5 Å². The van der Waals surface area contributed by atoms with Gasteiger partial charge in [0.25, 0.3) is 0 Å². The first kappa shape index (κ1) is 16.5. The van der Waals surface area contributed by atoms with Crippen molar-refractivity contribution in [1.29, 1.82) is 0 Å². The predicted molar refractivity (Wildman–Crippen MR) is 91.2 cm³/mol. The van der Waals surface area contributed by atoms with Crippen molar-refractivity contribution in [3.05, 3.63) is 58.0 Å². The monoisotopic (exact) mass is 410 g/mol. The molecule has 4 nitrogen and oxygen atoms in total. The topological polar surface area (TPSA) is 44.8 Å². The van der Waals surface area contributed by atoms with Crippen LogP contribution in [0.1, 0.15) is 22.9 Å². The Kier molecular flexibility index (Phi) is 4.04. The molecule has 1 N–H and O–H groups in total. The zero-order valence-electron chi connectivity index (χ0n) is 13.0. The molecule has 8 heteroatoms. The first-order valence-corrected chi connectivity index (χ1v) is 8.59. The van der Waals surface area contributed by atoms with Gasteiger partial charge in [-0.25, -0.2) is 0 Å². The molecule has 4 rings (SSSR count). The van der Waals surface area contributed by atoms with Gasteiger partial charge in [-0.1, -0.05) is 6.07 Å². The average Bonchev–Trinajstić information content (AvgIpc) is 3.03. The Morgan fingerprint density at radius 2 is 2.04 bits per heavy atom.